The third kappa shape index (κ3) is 2.69. The summed E-state index contributed by atoms with van der Waals surface area (Å²) < 4.78 is 0. The third-order valence-electron chi connectivity index (χ3n) is 3.45. The van der Waals surface area contributed by atoms with Gasteiger partial charge in [0.2, 0.25) is 0 Å². The molecule has 0 bridgehead atoms. The fourth-order valence-corrected chi connectivity index (χ4v) is 2.26. The van der Waals surface area contributed by atoms with Gasteiger partial charge in [-0.25, -0.2) is 0 Å². The molecule has 1 fully saturated rings. The lowest BCUT2D eigenvalue weighted by atomic mass is 10.00. The highest BCUT2D eigenvalue weighted by Crippen LogP contribution is 2.29. The van der Waals surface area contributed by atoms with Crippen LogP contribution >= 0.6 is 0 Å². The molecule has 1 rings (SSSR count). The van der Waals surface area contributed by atoms with E-state index in [4.69, 9.17) is 5.73 Å². The number of hydrogen-bond acceptors (Lipinski definition) is 3. The van der Waals surface area contributed by atoms with E-state index in [1.165, 1.54) is 6.42 Å². The molecule has 0 aliphatic carbocycles. The van der Waals surface area contributed by atoms with Crippen LogP contribution in [0.2, 0.25) is 0 Å². The van der Waals surface area contributed by atoms with E-state index in [-0.39, 0.29) is 6.04 Å². The van der Waals surface area contributed by atoms with Gasteiger partial charge in [-0.05, 0) is 41.3 Å². The van der Waals surface area contributed by atoms with E-state index < -0.39 is 0 Å². The van der Waals surface area contributed by atoms with Gasteiger partial charge >= 0.3 is 0 Å². The number of nitrogens with zero attached hydrogens (tertiary/aromatic N) is 2. The lowest BCUT2D eigenvalue weighted by molar-refractivity contribution is 0.215. The van der Waals surface area contributed by atoms with Gasteiger partial charge in [-0.15, -0.1) is 0 Å². The van der Waals surface area contributed by atoms with Crippen molar-refractivity contribution >= 4 is 0 Å². The van der Waals surface area contributed by atoms with Crippen molar-refractivity contribution in [2.45, 2.75) is 44.8 Å². The summed E-state index contributed by atoms with van der Waals surface area (Å²) in [6.07, 6.45) is 1.24. The van der Waals surface area contributed by atoms with Crippen molar-refractivity contribution in [2.75, 3.05) is 27.2 Å². The van der Waals surface area contributed by atoms with Gasteiger partial charge in [0.1, 0.15) is 0 Å². The van der Waals surface area contributed by atoms with Crippen molar-refractivity contribution < 1.29 is 0 Å². The molecule has 0 saturated carbocycles. The highest BCUT2D eigenvalue weighted by Gasteiger charge is 2.37. The van der Waals surface area contributed by atoms with Crippen molar-refractivity contribution in [3.05, 3.63) is 0 Å². The zero-order valence-electron chi connectivity index (χ0n) is 10.2. The van der Waals surface area contributed by atoms with E-state index in [1.807, 2.05) is 0 Å². The summed E-state index contributed by atoms with van der Waals surface area (Å²) >= 11 is 0. The summed E-state index contributed by atoms with van der Waals surface area (Å²) in [6, 6.07) is 0.940. The van der Waals surface area contributed by atoms with Crippen LogP contribution in [-0.2, 0) is 0 Å². The molecule has 14 heavy (non-hydrogen) atoms. The first-order valence-corrected chi connectivity index (χ1v) is 5.50. The van der Waals surface area contributed by atoms with Gasteiger partial charge in [0.05, 0.1) is 0 Å². The quantitative estimate of drug-likeness (QED) is 0.728. The van der Waals surface area contributed by atoms with Gasteiger partial charge in [-0.2, -0.15) is 0 Å². The van der Waals surface area contributed by atoms with E-state index in [0.717, 1.165) is 13.1 Å². The zero-order valence-corrected chi connectivity index (χ0v) is 10.2. The molecule has 2 N–H and O–H groups in total. The Hall–Kier alpha value is -0.120. The molecule has 0 spiro atoms. The Bertz CT molecular complexity index is 189. The molecule has 1 unspecified atom stereocenters. The Balaban J connectivity index is 2.49. The molecule has 0 aromatic heterocycles. The topological polar surface area (TPSA) is 32.5 Å². The summed E-state index contributed by atoms with van der Waals surface area (Å²) in [6.45, 7) is 8.85. The highest BCUT2D eigenvalue weighted by atomic mass is 15.3. The fourth-order valence-electron chi connectivity index (χ4n) is 2.26. The van der Waals surface area contributed by atoms with E-state index >= 15 is 0 Å². The fraction of sp³-hybridized carbons (Fsp3) is 1.00. The highest BCUT2D eigenvalue weighted by molar-refractivity contribution is 4.95. The minimum atomic E-state index is 0.272. The van der Waals surface area contributed by atoms with E-state index in [2.05, 4.69) is 44.7 Å². The molecule has 2 atom stereocenters. The normalized spacial score (nSPS) is 29.8. The van der Waals surface area contributed by atoms with Gasteiger partial charge in [0, 0.05) is 30.7 Å². The Kier molecular flexibility index (Phi) is 3.56. The molecular weight excluding hydrogens is 174 g/mol. The smallest absolute Gasteiger partial charge is 0.0238 e. The molecule has 3 nitrogen and oxygen atoms in total. The number of likely N-dealkylation sites (tertiary alicyclic amines) is 1. The summed E-state index contributed by atoms with van der Waals surface area (Å²) in [4.78, 5) is 4.84. The van der Waals surface area contributed by atoms with Crippen LogP contribution in [0.4, 0.5) is 0 Å². The zero-order chi connectivity index (χ0) is 10.9. The first kappa shape index (κ1) is 12.0. The standard InChI is InChI=1S/C11H25N3/c1-9(12)7-13(4)10-6-11(2,3)14(5)8-10/h9-10H,6-8,12H2,1-5H3/t9-,10?/m1/s1. The monoisotopic (exact) mass is 199 g/mol. The van der Waals surface area contributed by atoms with Crippen LogP contribution in [-0.4, -0.2) is 54.6 Å². The van der Waals surface area contributed by atoms with Crippen molar-refractivity contribution in [1.29, 1.82) is 0 Å². The molecule has 1 heterocycles. The molecule has 1 aliphatic heterocycles. The molecule has 0 amide bonds. The minimum Gasteiger partial charge on any atom is -0.327 e. The third-order valence-corrected chi connectivity index (χ3v) is 3.45. The van der Waals surface area contributed by atoms with E-state index in [9.17, 15) is 0 Å². The Morgan fingerprint density at radius 1 is 1.57 bits per heavy atom. The Morgan fingerprint density at radius 3 is 2.50 bits per heavy atom. The molecule has 1 aliphatic rings. The molecule has 0 aromatic rings. The van der Waals surface area contributed by atoms with Gasteiger partial charge in [-0.3, -0.25) is 4.90 Å². The molecule has 3 heteroatoms. The second kappa shape index (κ2) is 4.17. The van der Waals surface area contributed by atoms with Crippen LogP contribution in [0.25, 0.3) is 0 Å². The first-order valence-electron chi connectivity index (χ1n) is 5.50. The van der Waals surface area contributed by atoms with Crippen LogP contribution < -0.4 is 5.73 Å². The summed E-state index contributed by atoms with van der Waals surface area (Å²) in [5, 5.41) is 0. The number of likely N-dealkylation sites (N-methyl/N-ethyl adjacent to an activating group) is 2. The maximum Gasteiger partial charge on any atom is 0.0238 e. The minimum absolute atomic E-state index is 0.272. The van der Waals surface area contributed by atoms with Gasteiger partial charge in [0.25, 0.3) is 0 Å². The average molecular weight is 199 g/mol. The first-order chi connectivity index (χ1) is 6.33. The maximum absolute atomic E-state index is 5.81. The van der Waals surface area contributed by atoms with Crippen LogP contribution in [0.3, 0.4) is 0 Å². The lowest BCUT2D eigenvalue weighted by Crippen LogP contribution is -2.40. The predicted octanol–water partition coefficient (Wildman–Crippen LogP) is 0.748. The maximum atomic E-state index is 5.81. The Morgan fingerprint density at radius 2 is 2.14 bits per heavy atom. The van der Waals surface area contributed by atoms with Crippen LogP contribution in [0.5, 0.6) is 0 Å². The summed E-state index contributed by atoms with van der Waals surface area (Å²) in [5.74, 6) is 0. The number of rotatable bonds is 3. The molecular formula is C11H25N3. The van der Waals surface area contributed by atoms with Crippen molar-refractivity contribution in [3.63, 3.8) is 0 Å². The van der Waals surface area contributed by atoms with Crippen LogP contribution in [0.1, 0.15) is 27.2 Å². The second-order valence-electron chi connectivity index (χ2n) is 5.47. The van der Waals surface area contributed by atoms with Crippen molar-refractivity contribution in [3.8, 4) is 0 Å². The van der Waals surface area contributed by atoms with Crippen molar-refractivity contribution in [1.82, 2.24) is 9.80 Å². The SMILES string of the molecule is C[C@@H](N)CN(C)C1CN(C)C(C)(C)C1. The summed E-state index contributed by atoms with van der Waals surface area (Å²) in [7, 11) is 4.39. The molecule has 84 valence electrons. The van der Waals surface area contributed by atoms with Gasteiger partial charge in [-0.1, -0.05) is 0 Å². The second-order valence-corrected chi connectivity index (χ2v) is 5.47. The van der Waals surface area contributed by atoms with Crippen LogP contribution in [0.15, 0.2) is 0 Å². The number of hydrogen-bond donors (Lipinski definition) is 1. The largest absolute Gasteiger partial charge is 0.327 e. The van der Waals surface area contributed by atoms with E-state index in [0.29, 0.717) is 11.6 Å². The Labute approximate surface area is 88.2 Å². The van der Waals surface area contributed by atoms with E-state index in [1.54, 1.807) is 0 Å². The molecule has 0 radical (unpaired) electrons. The van der Waals surface area contributed by atoms with Gasteiger partial charge in [0.15, 0.2) is 0 Å². The molecule has 0 aromatic carbocycles. The lowest BCUT2D eigenvalue weighted by Gasteiger charge is -2.27. The van der Waals surface area contributed by atoms with Crippen molar-refractivity contribution in [2.24, 2.45) is 5.73 Å². The predicted molar refractivity (Wildman–Crippen MR) is 61.4 cm³/mol. The number of nitrogens with two attached hydrogens (primary N) is 1. The molecule has 1 saturated heterocycles. The van der Waals surface area contributed by atoms with Crippen LogP contribution in [0, 0.1) is 0 Å². The average Bonchev–Trinajstić information content (AvgIpc) is 2.25. The van der Waals surface area contributed by atoms with Gasteiger partial charge < -0.3 is 10.6 Å². The summed E-state index contributed by atoms with van der Waals surface area (Å²) in [5.41, 5.74) is 6.15.